The van der Waals surface area contributed by atoms with Gasteiger partial charge in [0.2, 0.25) is 6.10 Å². The van der Waals surface area contributed by atoms with Crippen LogP contribution in [0.2, 0.25) is 0 Å². The Morgan fingerprint density at radius 2 is 2.06 bits per heavy atom. The van der Waals surface area contributed by atoms with Gasteiger partial charge >= 0.3 is 5.97 Å². The van der Waals surface area contributed by atoms with Crippen molar-refractivity contribution in [3.8, 4) is 5.75 Å². The molecule has 1 unspecified atom stereocenters. The van der Waals surface area contributed by atoms with Gasteiger partial charge in [-0.3, -0.25) is 0 Å². The zero-order valence-electron chi connectivity index (χ0n) is 11.4. The Labute approximate surface area is 108 Å². The normalized spacial score (nSPS) is 12.9. The number of ether oxygens (including phenoxy) is 2. The van der Waals surface area contributed by atoms with Gasteiger partial charge in [0.15, 0.2) is 0 Å². The van der Waals surface area contributed by atoms with Crippen LogP contribution in [0.1, 0.15) is 26.3 Å². The average molecular weight is 251 g/mol. The minimum Gasteiger partial charge on any atom is -0.477 e. The summed E-state index contributed by atoms with van der Waals surface area (Å²) in [6, 6.07) is 7.66. The molecule has 0 fully saturated rings. The van der Waals surface area contributed by atoms with Crippen LogP contribution in [-0.2, 0) is 14.9 Å². The Hall–Kier alpha value is -1.55. The van der Waals surface area contributed by atoms with Crippen LogP contribution < -0.4 is 10.5 Å². The van der Waals surface area contributed by atoms with Crippen LogP contribution >= 0.6 is 0 Å². The van der Waals surface area contributed by atoms with Crippen molar-refractivity contribution in [3.63, 3.8) is 0 Å². The highest BCUT2D eigenvalue weighted by Crippen LogP contribution is 2.26. The molecular formula is C14H21NO3. The average Bonchev–Trinajstić information content (AvgIpc) is 2.34. The maximum atomic E-state index is 11.4. The van der Waals surface area contributed by atoms with Gasteiger partial charge < -0.3 is 15.2 Å². The predicted molar refractivity (Wildman–Crippen MR) is 70.6 cm³/mol. The lowest BCUT2D eigenvalue weighted by Crippen LogP contribution is -2.35. The molecule has 2 N–H and O–H groups in total. The molecule has 0 radical (unpaired) electrons. The van der Waals surface area contributed by atoms with Crippen molar-refractivity contribution in [2.45, 2.75) is 32.3 Å². The number of rotatable bonds is 4. The highest BCUT2D eigenvalue weighted by molar-refractivity contribution is 5.75. The third kappa shape index (κ3) is 3.74. The van der Waals surface area contributed by atoms with Crippen LogP contribution in [0.4, 0.5) is 0 Å². The lowest BCUT2D eigenvalue weighted by Gasteiger charge is -2.21. The molecule has 100 valence electrons. The number of esters is 1. The zero-order chi connectivity index (χ0) is 13.8. The maximum Gasteiger partial charge on any atom is 0.348 e. The summed E-state index contributed by atoms with van der Waals surface area (Å²) in [5, 5.41) is 0. The number of benzene rings is 1. The number of nitrogens with two attached hydrogens (primary N) is 1. The smallest absolute Gasteiger partial charge is 0.348 e. The largest absolute Gasteiger partial charge is 0.477 e. The Balaban J connectivity index is 2.88. The molecule has 18 heavy (non-hydrogen) atoms. The molecule has 0 aliphatic carbocycles. The fourth-order valence-electron chi connectivity index (χ4n) is 1.52. The van der Waals surface area contributed by atoms with Gasteiger partial charge in [0.05, 0.1) is 7.11 Å². The molecule has 0 saturated carbocycles. The lowest BCUT2D eigenvalue weighted by molar-refractivity contribution is -0.148. The maximum absolute atomic E-state index is 11.4. The van der Waals surface area contributed by atoms with Crippen LogP contribution in [0, 0.1) is 0 Å². The summed E-state index contributed by atoms with van der Waals surface area (Å²) in [5.74, 6) is 0.168. The summed E-state index contributed by atoms with van der Waals surface area (Å²) in [6.45, 7) is 6.44. The molecular weight excluding hydrogens is 230 g/mol. The van der Waals surface area contributed by atoms with E-state index in [-0.39, 0.29) is 12.0 Å². The number of carbonyl (C=O) groups is 1. The van der Waals surface area contributed by atoms with Crippen molar-refractivity contribution in [3.05, 3.63) is 29.8 Å². The minimum atomic E-state index is -0.759. The van der Waals surface area contributed by atoms with Gasteiger partial charge in [-0.25, -0.2) is 4.79 Å². The Morgan fingerprint density at radius 3 is 2.56 bits per heavy atom. The monoisotopic (exact) mass is 251 g/mol. The van der Waals surface area contributed by atoms with Crippen molar-refractivity contribution in [1.29, 1.82) is 0 Å². The van der Waals surface area contributed by atoms with Gasteiger partial charge in [0, 0.05) is 6.54 Å². The first kappa shape index (κ1) is 14.5. The molecule has 4 heteroatoms. The molecule has 0 spiro atoms. The third-order valence-corrected chi connectivity index (χ3v) is 2.66. The quantitative estimate of drug-likeness (QED) is 0.830. The second-order valence-electron chi connectivity index (χ2n) is 5.14. The number of hydrogen-bond donors (Lipinski definition) is 1. The van der Waals surface area contributed by atoms with Gasteiger partial charge in [-0.05, 0) is 23.1 Å². The van der Waals surface area contributed by atoms with Crippen LogP contribution in [0.3, 0.4) is 0 Å². The van der Waals surface area contributed by atoms with Crippen molar-refractivity contribution in [2.75, 3.05) is 13.7 Å². The van der Waals surface area contributed by atoms with Crippen molar-refractivity contribution < 1.29 is 14.3 Å². The summed E-state index contributed by atoms with van der Waals surface area (Å²) in [6.07, 6.45) is -0.759. The number of carbonyl (C=O) groups excluding carboxylic acids is 1. The topological polar surface area (TPSA) is 61.5 Å². The molecule has 0 saturated heterocycles. The molecule has 4 nitrogen and oxygen atoms in total. The fraction of sp³-hybridized carbons (Fsp3) is 0.500. The Bertz CT molecular complexity index is 410. The summed E-state index contributed by atoms with van der Waals surface area (Å²) in [4.78, 5) is 11.4. The summed E-state index contributed by atoms with van der Waals surface area (Å²) >= 11 is 0. The van der Waals surface area contributed by atoms with E-state index in [9.17, 15) is 4.79 Å². The first-order valence-corrected chi connectivity index (χ1v) is 5.93. The third-order valence-electron chi connectivity index (χ3n) is 2.66. The first-order chi connectivity index (χ1) is 8.38. The van der Waals surface area contributed by atoms with E-state index in [1.807, 2.05) is 18.2 Å². The molecule has 1 rings (SSSR count). The standard InChI is InChI=1S/C14H21NO3/c1-14(2,3)10-6-5-7-11(8-10)18-12(9-15)13(16)17-4/h5-8,12H,9,15H2,1-4H3. The van der Waals surface area contributed by atoms with E-state index in [4.69, 9.17) is 10.5 Å². The lowest BCUT2D eigenvalue weighted by atomic mass is 9.87. The summed E-state index contributed by atoms with van der Waals surface area (Å²) in [5.41, 5.74) is 6.67. The van der Waals surface area contributed by atoms with Crippen LogP contribution in [-0.4, -0.2) is 25.7 Å². The molecule has 0 aromatic heterocycles. The number of methoxy groups -OCH3 is 1. The van der Waals surface area contributed by atoms with Gasteiger partial charge in [-0.2, -0.15) is 0 Å². The van der Waals surface area contributed by atoms with Gasteiger partial charge in [-0.15, -0.1) is 0 Å². The van der Waals surface area contributed by atoms with E-state index in [0.29, 0.717) is 5.75 Å². The fourth-order valence-corrected chi connectivity index (χ4v) is 1.52. The van der Waals surface area contributed by atoms with Crippen molar-refractivity contribution >= 4 is 5.97 Å². The molecule has 1 aromatic rings. The van der Waals surface area contributed by atoms with Crippen molar-refractivity contribution in [2.24, 2.45) is 5.73 Å². The molecule has 0 aliphatic rings. The van der Waals surface area contributed by atoms with Crippen LogP contribution in [0.25, 0.3) is 0 Å². The van der Waals surface area contributed by atoms with E-state index < -0.39 is 12.1 Å². The first-order valence-electron chi connectivity index (χ1n) is 5.93. The van der Waals surface area contributed by atoms with Crippen LogP contribution in [0.5, 0.6) is 5.75 Å². The van der Waals surface area contributed by atoms with Gasteiger partial charge in [0.25, 0.3) is 0 Å². The molecule has 0 aliphatic heterocycles. The minimum absolute atomic E-state index is 0.0306. The number of hydrogen-bond acceptors (Lipinski definition) is 4. The van der Waals surface area contributed by atoms with Gasteiger partial charge in [0.1, 0.15) is 5.75 Å². The SMILES string of the molecule is COC(=O)C(CN)Oc1cccc(C(C)(C)C)c1. The van der Waals surface area contributed by atoms with E-state index in [1.54, 1.807) is 6.07 Å². The Kier molecular flexibility index (Phi) is 4.73. The molecule has 1 aromatic carbocycles. The Morgan fingerprint density at radius 1 is 1.39 bits per heavy atom. The molecule has 1 atom stereocenters. The zero-order valence-corrected chi connectivity index (χ0v) is 11.4. The summed E-state index contributed by atoms with van der Waals surface area (Å²) in [7, 11) is 1.32. The summed E-state index contributed by atoms with van der Waals surface area (Å²) < 4.78 is 10.2. The molecule has 0 bridgehead atoms. The predicted octanol–water partition coefficient (Wildman–Crippen LogP) is 1.86. The highest BCUT2D eigenvalue weighted by Gasteiger charge is 2.20. The molecule has 0 amide bonds. The van der Waals surface area contributed by atoms with E-state index in [0.717, 1.165) is 5.56 Å². The van der Waals surface area contributed by atoms with E-state index in [2.05, 4.69) is 25.5 Å². The second-order valence-corrected chi connectivity index (χ2v) is 5.14. The highest BCUT2D eigenvalue weighted by atomic mass is 16.6. The molecule has 0 heterocycles. The van der Waals surface area contributed by atoms with E-state index in [1.165, 1.54) is 7.11 Å². The van der Waals surface area contributed by atoms with Crippen molar-refractivity contribution in [1.82, 2.24) is 0 Å². The second kappa shape index (κ2) is 5.87. The van der Waals surface area contributed by atoms with Crippen LogP contribution in [0.15, 0.2) is 24.3 Å². The van der Waals surface area contributed by atoms with Gasteiger partial charge in [-0.1, -0.05) is 32.9 Å². The van der Waals surface area contributed by atoms with E-state index >= 15 is 0 Å².